The molecule has 0 unspecified atom stereocenters. The first-order valence-corrected chi connectivity index (χ1v) is 12.0. The molecule has 4 aromatic rings. The standard InChI is InChI=1S/C31H31NO3/c1-34-31(33)30(23-25-14-11-19-28(22-25)35-27-17-9-4-10-18-27)32-29(26-15-7-3-8-16-26)21-20-24-12-5-2-6-13-24/h2-19,22,29-30,32H,20-21,23H2,1H3/t29-,30+/m0/s1. The number of rotatable bonds is 11. The molecule has 4 aromatic carbocycles. The quantitative estimate of drug-likeness (QED) is 0.256. The van der Waals surface area contributed by atoms with Crippen molar-refractivity contribution in [3.8, 4) is 11.5 Å². The highest BCUT2D eigenvalue weighted by atomic mass is 16.5. The van der Waals surface area contributed by atoms with Gasteiger partial charge in [-0.05, 0) is 60.2 Å². The van der Waals surface area contributed by atoms with Gasteiger partial charge in [0.2, 0.25) is 0 Å². The van der Waals surface area contributed by atoms with Crippen molar-refractivity contribution in [1.29, 1.82) is 0 Å². The number of ether oxygens (including phenoxy) is 2. The van der Waals surface area contributed by atoms with Crippen LogP contribution in [-0.2, 0) is 22.4 Å². The summed E-state index contributed by atoms with van der Waals surface area (Å²) in [6.45, 7) is 0. The van der Waals surface area contributed by atoms with E-state index >= 15 is 0 Å². The van der Waals surface area contributed by atoms with E-state index in [1.165, 1.54) is 12.7 Å². The molecule has 178 valence electrons. The zero-order valence-corrected chi connectivity index (χ0v) is 20.0. The Bertz CT molecular complexity index is 1180. The van der Waals surface area contributed by atoms with Gasteiger partial charge in [0.05, 0.1) is 7.11 Å². The van der Waals surface area contributed by atoms with E-state index in [1.807, 2.05) is 78.9 Å². The van der Waals surface area contributed by atoms with E-state index in [2.05, 4.69) is 41.7 Å². The molecule has 0 saturated carbocycles. The molecule has 0 aromatic heterocycles. The lowest BCUT2D eigenvalue weighted by Gasteiger charge is -2.25. The van der Waals surface area contributed by atoms with Crippen LogP contribution in [0.2, 0.25) is 0 Å². The lowest BCUT2D eigenvalue weighted by atomic mass is 9.96. The number of hydrogen-bond donors (Lipinski definition) is 1. The second kappa shape index (κ2) is 12.5. The van der Waals surface area contributed by atoms with Crippen LogP contribution in [0.4, 0.5) is 0 Å². The molecule has 0 heterocycles. The van der Waals surface area contributed by atoms with Crippen LogP contribution in [0.5, 0.6) is 11.5 Å². The molecular weight excluding hydrogens is 434 g/mol. The Kier molecular flexibility index (Phi) is 8.68. The molecule has 0 radical (unpaired) electrons. The number of hydrogen-bond acceptors (Lipinski definition) is 4. The van der Waals surface area contributed by atoms with Crippen LogP contribution in [-0.4, -0.2) is 19.1 Å². The zero-order chi connectivity index (χ0) is 24.3. The number of aryl methyl sites for hydroxylation is 1. The molecule has 0 aliphatic carbocycles. The Morgan fingerprint density at radius 1 is 0.743 bits per heavy atom. The number of benzene rings is 4. The fraction of sp³-hybridized carbons (Fsp3) is 0.194. The van der Waals surface area contributed by atoms with Gasteiger partial charge >= 0.3 is 5.97 Å². The van der Waals surface area contributed by atoms with Gasteiger partial charge < -0.3 is 9.47 Å². The number of methoxy groups -OCH3 is 1. The van der Waals surface area contributed by atoms with E-state index in [0.717, 1.165) is 35.5 Å². The first kappa shape index (κ1) is 24.2. The Hall–Kier alpha value is -3.89. The molecule has 4 nitrogen and oxygen atoms in total. The second-order valence-electron chi connectivity index (χ2n) is 8.50. The predicted molar refractivity (Wildman–Crippen MR) is 140 cm³/mol. The van der Waals surface area contributed by atoms with Crippen molar-refractivity contribution in [3.63, 3.8) is 0 Å². The summed E-state index contributed by atoms with van der Waals surface area (Å²) in [6.07, 6.45) is 2.26. The summed E-state index contributed by atoms with van der Waals surface area (Å²) in [4.78, 5) is 12.8. The van der Waals surface area contributed by atoms with Crippen LogP contribution in [0.1, 0.15) is 29.2 Å². The second-order valence-corrected chi connectivity index (χ2v) is 8.50. The monoisotopic (exact) mass is 465 g/mol. The summed E-state index contributed by atoms with van der Waals surface area (Å²) < 4.78 is 11.2. The van der Waals surface area contributed by atoms with E-state index in [9.17, 15) is 4.79 Å². The lowest BCUT2D eigenvalue weighted by molar-refractivity contribution is -0.143. The first-order valence-electron chi connectivity index (χ1n) is 12.0. The third-order valence-electron chi connectivity index (χ3n) is 5.97. The number of carbonyl (C=O) groups excluding carboxylic acids is 1. The third kappa shape index (κ3) is 7.29. The van der Waals surface area contributed by atoms with Crippen LogP contribution >= 0.6 is 0 Å². The molecule has 0 aliphatic heterocycles. The highest BCUT2D eigenvalue weighted by Crippen LogP contribution is 2.24. The van der Waals surface area contributed by atoms with Crippen molar-refractivity contribution in [2.75, 3.05) is 7.11 Å². The SMILES string of the molecule is COC(=O)[C@@H](Cc1cccc(Oc2ccccc2)c1)N[C@@H](CCc1ccccc1)c1ccccc1. The summed E-state index contributed by atoms with van der Waals surface area (Å²) in [5, 5.41) is 3.59. The minimum atomic E-state index is -0.493. The maximum absolute atomic E-state index is 12.8. The van der Waals surface area contributed by atoms with Gasteiger partial charge in [0.25, 0.3) is 0 Å². The van der Waals surface area contributed by atoms with E-state index in [4.69, 9.17) is 9.47 Å². The topological polar surface area (TPSA) is 47.6 Å². The normalized spacial score (nSPS) is 12.5. The molecule has 2 atom stereocenters. The average molecular weight is 466 g/mol. The zero-order valence-electron chi connectivity index (χ0n) is 20.0. The maximum Gasteiger partial charge on any atom is 0.323 e. The van der Waals surface area contributed by atoms with E-state index < -0.39 is 6.04 Å². The minimum Gasteiger partial charge on any atom is -0.468 e. The van der Waals surface area contributed by atoms with Crippen LogP contribution in [0, 0.1) is 0 Å². The van der Waals surface area contributed by atoms with Gasteiger partial charge in [0.15, 0.2) is 0 Å². The number of para-hydroxylation sites is 1. The van der Waals surface area contributed by atoms with Crippen molar-refractivity contribution in [2.45, 2.75) is 31.3 Å². The van der Waals surface area contributed by atoms with Gasteiger partial charge in [0, 0.05) is 6.04 Å². The summed E-state index contributed by atoms with van der Waals surface area (Å²) in [5.41, 5.74) is 3.42. The molecule has 0 saturated heterocycles. The molecule has 0 aliphatic rings. The molecule has 0 bridgehead atoms. The van der Waals surface area contributed by atoms with Crippen LogP contribution in [0.15, 0.2) is 115 Å². The van der Waals surface area contributed by atoms with E-state index in [-0.39, 0.29) is 12.0 Å². The van der Waals surface area contributed by atoms with E-state index in [0.29, 0.717) is 6.42 Å². The minimum absolute atomic E-state index is 0.00394. The lowest BCUT2D eigenvalue weighted by Crippen LogP contribution is -2.41. The number of nitrogens with one attached hydrogen (secondary N) is 1. The van der Waals surface area contributed by atoms with E-state index in [1.54, 1.807) is 0 Å². The highest BCUT2D eigenvalue weighted by molar-refractivity contribution is 5.76. The predicted octanol–water partition coefficient (Wildman–Crippen LogP) is 6.53. The maximum atomic E-state index is 12.8. The van der Waals surface area contributed by atoms with Crippen molar-refractivity contribution in [3.05, 3.63) is 132 Å². The average Bonchev–Trinajstić information content (AvgIpc) is 2.92. The Labute approximate surface area is 207 Å². The van der Waals surface area contributed by atoms with Gasteiger partial charge in [-0.2, -0.15) is 0 Å². The molecule has 4 rings (SSSR count). The van der Waals surface area contributed by atoms with Gasteiger partial charge in [0.1, 0.15) is 17.5 Å². The van der Waals surface area contributed by atoms with Crippen LogP contribution in [0.3, 0.4) is 0 Å². The molecule has 35 heavy (non-hydrogen) atoms. The molecule has 0 amide bonds. The summed E-state index contributed by atoms with van der Waals surface area (Å²) in [7, 11) is 1.44. The van der Waals surface area contributed by atoms with Crippen LogP contribution in [0.25, 0.3) is 0 Å². The van der Waals surface area contributed by atoms with Crippen molar-refractivity contribution in [2.24, 2.45) is 0 Å². The van der Waals surface area contributed by atoms with Crippen LogP contribution < -0.4 is 10.1 Å². The summed E-state index contributed by atoms with van der Waals surface area (Å²) in [6, 6.07) is 37.7. The summed E-state index contributed by atoms with van der Waals surface area (Å²) in [5.74, 6) is 1.23. The number of esters is 1. The Morgan fingerprint density at radius 2 is 1.34 bits per heavy atom. The Morgan fingerprint density at radius 3 is 2.03 bits per heavy atom. The molecule has 0 spiro atoms. The molecule has 1 N–H and O–H groups in total. The highest BCUT2D eigenvalue weighted by Gasteiger charge is 2.24. The fourth-order valence-corrected chi connectivity index (χ4v) is 4.18. The van der Waals surface area contributed by atoms with Gasteiger partial charge in [-0.3, -0.25) is 10.1 Å². The molecular formula is C31H31NO3. The Balaban J connectivity index is 1.51. The van der Waals surface area contributed by atoms with Gasteiger partial charge in [-0.1, -0.05) is 91.0 Å². The smallest absolute Gasteiger partial charge is 0.323 e. The van der Waals surface area contributed by atoms with Gasteiger partial charge in [-0.25, -0.2) is 0 Å². The van der Waals surface area contributed by atoms with Crippen molar-refractivity contribution < 1.29 is 14.3 Å². The van der Waals surface area contributed by atoms with Crippen molar-refractivity contribution >= 4 is 5.97 Å². The third-order valence-corrected chi connectivity index (χ3v) is 5.97. The molecule has 4 heteroatoms. The van der Waals surface area contributed by atoms with Crippen molar-refractivity contribution in [1.82, 2.24) is 5.32 Å². The largest absolute Gasteiger partial charge is 0.468 e. The summed E-state index contributed by atoms with van der Waals surface area (Å²) >= 11 is 0. The fourth-order valence-electron chi connectivity index (χ4n) is 4.18. The number of carbonyl (C=O) groups is 1. The molecule has 0 fully saturated rings. The van der Waals surface area contributed by atoms with Gasteiger partial charge in [-0.15, -0.1) is 0 Å². The first-order chi connectivity index (χ1) is 17.2.